The molecular formula is C14H23NO4S. The minimum Gasteiger partial charge on any atom is -0.385 e. The molecule has 5 nitrogen and oxygen atoms in total. The van der Waals surface area contributed by atoms with E-state index in [1.165, 1.54) is 6.26 Å². The number of rotatable bonds is 10. The van der Waals surface area contributed by atoms with Gasteiger partial charge in [0.2, 0.25) is 0 Å². The maximum absolute atomic E-state index is 11.3. The van der Waals surface area contributed by atoms with Crippen molar-refractivity contribution in [1.29, 1.82) is 0 Å². The maximum atomic E-state index is 11.3. The predicted octanol–water partition coefficient (Wildman–Crippen LogP) is 1.23. The topological polar surface area (TPSA) is 64.6 Å². The van der Waals surface area contributed by atoms with E-state index in [2.05, 4.69) is 5.32 Å². The number of ether oxygens (including phenoxy) is 2. The standard InChI is InChI=1S/C14H23NO4S/c1-18-9-3-10-19-11-8-15-12-13-4-6-14(7-5-13)20(2,16)17/h4-7,15H,3,8-12H2,1-2H3. The molecule has 0 aliphatic rings. The Morgan fingerprint density at radius 3 is 2.40 bits per heavy atom. The van der Waals surface area contributed by atoms with Crippen molar-refractivity contribution in [2.45, 2.75) is 17.9 Å². The van der Waals surface area contributed by atoms with E-state index < -0.39 is 9.84 Å². The molecule has 0 radical (unpaired) electrons. The molecule has 1 aromatic carbocycles. The predicted molar refractivity (Wildman–Crippen MR) is 78.6 cm³/mol. The SMILES string of the molecule is COCCCOCCNCc1ccc(S(C)(=O)=O)cc1. The van der Waals surface area contributed by atoms with Crippen molar-refractivity contribution in [2.24, 2.45) is 0 Å². The summed E-state index contributed by atoms with van der Waals surface area (Å²) < 4.78 is 33.0. The Morgan fingerprint density at radius 1 is 1.10 bits per heavy atom. The number of sulfone groups is 1. The molecule has 0 heterocycles. The van der Waals surface area contributed by atoms with Gasteiger partial charge in [-0.15, -0.1) is 0 Å². The lowest BCUT2D eigenvalue weighted by Gasteiger charge is -2.07. The summed E-state index contributed by atoms with van der Waals surface area (Å²) in [6, 6.07) is 6.91. The zero-order valence-corrected chi connectivity index (χ0v) is 12.9. The Balaban J connectivity index is 2.16. The second-order valence-electron chi connectivity index (χ2n) is 4.55. The fourth-order valence-corrected chi connectivity index (χ4v) is 2.27. The number of nitrogens with one attached hydrogen (secondary N) is 1. The van der Waals surface area contributed by atoms with Crippen LogP contribution in [0.4, 0.5) is 0 Å². The van der Waals surface area contributed by atoms with Crippen molar-refractivity contribution < 1.29 is 17.9 Å². The molecule has 0 fully saturated rings. The average Bonchev–Trinajstić information content (AvgIpc) is 2.41. The highest BCUT2D eigenvalue weighted by Gasteiger charge is 2.05. The average molecular weight is 301 g/mol. The van der Waals surface area contributed by atoms with Gasteiger partial charge < -0.3 is 14.8 Å². The molecule has 6 heteroatoms. The van der Waals surface area contributed by atoms with Crippen molar-refractivity contribution in [3.63, 3.8) is 0 Å². The first-order valence-corrected chi connectivity index (χ1v) is 8.49. The van der Waals surface area contributed by atoms with E-state index in [4.69, 9.17) is 9.47 Å². The van der Waals surface area contributed by atoms with Crippen molar-refractivity contribution in [3.8, 4) is 0 Å². The Kier molecular flexibility index (Phi) is 7.76. The molecule has 0 bridgehead atoms. The molecule has 0 amide bonds. The van der Waals surface area contributed by atoms with Crippen LogP contribution in [0, 0.1) is 0 Å². The number of benzene rings is 1. The lowest BCUT2D eigenvalue weighted by molar-refractivity contribution is 0.104. The number of hydrogen-bond acceptors (Lipinski definition) is 5. The highest BCUT2D eigenvalue weighted by Crippen LogP contribution is 2.09. The molecule has 0 aromatic heterocycles. The second kappa shape index (κ2) is 9.07. The van der Waals surface area contributed by atoms with Gasteiger partial charge in [0, 0.05) is 39.7 Å². The lowest BCUT2D eigenvalue weighted by atomic mass is 10.2. The van der Waals surface area contributed by atoms with E-state index in [0.717, 1.165) is 25.1 Å². The van der Waals surface area contributed by atoms with Gasteiger partial charge in [0.15, 0.2) is 9.84 Å². The van der Waals surface area contributed by atoms with E-state index in [1.807, 2.05) is 12.1 Å². The van der Waals surface area contributed by atoms with Crippen molar-refractivity contribution in [2.75, 3.05) is 39.7 Å². The van der Waals surface area contributed by atoms with Crippen molar-refractivity contribution >= 4 is 9.84 Å². The van der Waals surface area contributed by atoms with Crippen molar-refractivity contribution in [3.05, 3.63) is 29.8 Å². The largest absolute Gasteiger partial charge is 0.385 e. The Morgan fingerprint density at radius 2 is 1.80 bits per heavy atom. The first-order valence-electron chi connectivity index (χ1n) is 6.60. The molecule has 0 saturated carbocycles. The van der Waals surface area contributed by atoms with E-state index >= 15 is 0 Å². The van der Waals surface area contributed by atoms with Crippen LogP contribution in [0.25, 0.3) is 0 Å². The van der Waals surface area contributed by atoms with Gasteiger partial charge >= 0.3 is 0 Å². The third kappa shape index (κ3) is 7.00. The summed E-state index contributed by atoms with van der Waals surface area (Å²) in [6.07, 6.45) is 2.12. The lowest BCUT2D eigenvalue weighted by Crippen LogP contribution is -2.19. The Bertz CT molecular complexity index is 470. The monoisotopic (exact) mass is 301 g/mol. The van der Waals surface area contributed by atoms with Gasteiger partial charge in [-0.25, -0.2) is 8.42 Å². The molecule has 0 unspecified atom stereocenters. The minimum absolute atomic E-state index is 0.350. The second-order valence-corrected chi connectivity index (χ2v) is 6.57. The van der Waals surface area contributed by atoms with Crippen molar-refractivity contribution in [1.82, 2.24) is 5.32 Å². The highest BCUT2D eigenvalue weighted by molar-refractivity contribution is 7.90. The molecule has 1 aromatic rings. The summed E-state index contributed by atoms with van der Waals surface area (Å²) in [6.45, 7) is 3.55. The van der Waals surface area contributed by atoms with Crippen LogP contribution in [0.1, 0.15) is 12.0 Å². The van der Waals surface area contributed by atoms with Gasteiger partial charge in [-0.3, -0.25) is 0 Å². The number of methoxy groups -OCH3 is 1. The van der Waals surface area contributed by atoms with E-state index in [0.29, 0.717) is 24.7 Å². The quantitative estimate of drug-likeness (QED) is 0.659. The van der Waals surface area contributed by atoms with Gasteiger partial charge in [-0.05, 0) is 24.1 Å². The third-order valence-corrected chi connectivity index (χ3v) is 3.87. The van der Waals surface area contributed by atoms with Gasteiger partial charge in [0.1, 0.15) is 0 Å². The maximum Gasteiger partial charge on any atom is 0.175 e. The number of hydrogen-bond donors (Lipinski definition) is 1. The summed E-state index contributed by atoms with van der Waals surface area (Å²) in [5.74, 6) is 0. The van der Waals surface area contributed by atoms with Gasteiger partial charge in [-0.1, -0.05) is 12.1 Å². The van der Waals surface area contributed by atoms with Crippen LogP contribution in [0.15, 0.2) is 29.2 Å². The first-order chi connectivity index (χ1) is 9.54. The van der Waals surface area contributed by atoms with E-state index in [9.17, 15) is 8.42 Å². The van der Waals surface area contributed by atoms with E-state index in [1.54, 1.807) is 19.2 Å². The molecule has 1 N–H and O–H groups in total. The zero-order chi connectivity index (χ0) is 14.8. The van der Waals surface area contributed by atoms with Crippen LogP contribution in [-0.4, -0.2) is 48.1 Å². The molecule has 0 atom stereocenters. The van der Waals surface area contributed by atoms with Crippen LogP contribution < -0.4 is 5.32 Å². The van der Waals surface area contributed by atoms with Crippen LogP contribution in [-0.2, 0) is 25.9 Å². The zero-order valence-electron chi connectivity index (χ0n) is 12.1. The smallest absolute Gasteiger partial charge is 0.175 e. The Hall–Kier alpha value is -0.950. The molecular weight excluding hydrogens is 278 g/mol. The van der Waals surface area contributed by atoms with Crippen LogP contribution >= 0.6 is 0 Å². The minimum atomic E-state index is -3.11. The van der Waals surface area contributed by atoms with Gasteiger partial charge in [-0.2, -0.15) is 0 Å². The van der Waals surface area contributed by atoms with Crippen LogP contribution in [0.3, 0.4) is 0 Å². The fraction of sp³-hybridized carbons (Fsp3) is 0.571. The molecule has 0 aliphatic heterocycles. The summed E-state index contributed by atoms with van der Waals surface area (Å²) in [7, 11) is -1.43. The third-order valence-electron chi connectivity index (χ3n) is 2.74. The molecule has 1 rings (SSSR count). The van der Waals surface area contributed by atoms with Crippen LogP contribution in [0.2, 0.25) is 0 Å². The van der Waals surface area contributed by atoms with Crippen LogP contribution in [0.5, 0.6) is 0 Å². The summed E-state index contributed by atoms with van der Waals surface area (Å²) in [5, 5.41) is 3.25. The highest BCUT2D eigenvalue weighted by atomic mass is 32.2. The summed E-state index contributed by atoms with van der Waals surface area (Å²) in [4.78, 5) is 0.350. The summed E-state index contributed by atoms with van der Waals surface area (Å²) >= 11 is 0. The first kappa shape index (κ1) is 17.1. The van der Waals surface area contributed by atoms with Gasteiger partial charge in [0.05, 0.1) is 11.5 Å². The fourth-order valence-electron chi connectivity index (χ4n) is 1.64. The van der Waals surface area contributed by atoms with E-state index in [-0.39, 0.29) is 0 Å². The molecule has 0 spiro atoms. The summed E-state index contributed by atoms with van der Waals surface area (Å²) in [5.41, 5.74) is 1.05. The normalized spacial score (nSPS) is 11.7. The Labute approximate surface area is 121 Å². The molecule has 0 aliphatic carbocycles. The molecule has 0 saturated heterocycles. The molecule has 114 valence electrons. The molecule has 20 heavy (non-hydrogen) atoms. The van der Waals surface area contributed by atoms with Gasteiger partial charge in [0.25, 0.3) is 0 Å².